The fraction of sp³-hybridized carbons (Fsp3) is 0.730. The van der Waals surface area contributed by atoms with Gasteiger partial charge in [-0.05, 0) is 88.3 Å². The van der Waals surface area contributed by atoms with E-state index in [1.54, 1.807) is 19.1 Å². The Morgan fingerprint density at radius 3 is 1.39 bits per heavy atom. The number of benzene rings is 1. The number of hydrogen-bond donors (Lipinski definition) is 12. The molecule has 0 aliphatic carbocycles. The Balaban J connectivity index is 2.20. The van der Waals surface area contributed by atoms with Crippen LogP contribution >= 0.6 is 0 Å². The number of phenolic OH excluding ortho intramolecular Hbond substituents is 1. The van der Waals surface area contributed by atoms with Gasteiger partial charge >= 0.3 is 23.9 Å². The zero-order chi connectivity index (χ0) is 77.1. The lowest BCUT2D eigenvalue weighted by Gasteiger charge is -2.22. The van der Waals surface area contributed by atoms with Gasteiger partial charge in [-0.15, -0.1) is 0 Å². The van der Waals surface area contributed by atoms with Crippen LogP contribution in [-0.4, -0.2) is 217 Å². The van der Waals surface area contributed by atoms with Crippen molar-refractivity contribution in [2.75, 3.05) is 79.0 Å². The van der Waals surface area contributed by atoms with Crippen LogP contribution in [0.4, 0.5) is 0 Å². The van der Waals surface area contributed by atoms with Crippen LogP contribution in [0.3, 0.4) is 0 Å². The van der Waals surface area contributed by atoms with Gasteiger partial charge in [0.2, 0.25) is 29.5 Å². The zero-order valence-corrected chi connectivity index (χ0v) is 61.7. The average Bonchev–Trinajstić information content (AvgIpc) is 0.891. The third-order valence-corrected chi connectivity index (χ3v) is 17.2. The number of carbonyl (C=O) groups is 14. The van der Waals surface area contributed by atoms with Crippen molar-refractivity contribution in [2.24, 2.45) is 5.92 Å². The molecule has 0 saturated carbocycles. The van der Waals surface area contributed by atoms with Crippen molar-refractivity contribution in [3.8, 4) is 5.75 Å². The molecule has 1 aromatic carbocycles. The van der Waals surface area contributed by atoms with Crippen LogP contribution in [0.1, 0.15) is 232 Å². The minimum Gasteiger partial charge on any atom is -0.508 e. The van der Waals surface area contributed by atoms with Crippen molar-refractivity contribution in [1.82, 2.24) is 37.2 Å². The number of hydrogen-bond acceptors (Lipinski definition) is 21. The first kappa shape index (κ1) is 94.4. The SMILES string of the molecule is CCCC[C@H](NCC(=O)[C@@H](Cc1ccc(O)cc1)NC(C)=O)C(=O)CN[C@@H](CCCCNC(=O)COCCOCCCC(=O)COCCOCCNC(=O)CC[C@H](NC(=O)CC[C@H](NC(=O)CC[C@H](CC(=O)CCCCCCCCCCCCCCCCC(=O)O)C(=O)O)C(=O)O)C(=O)O)C(=O)CC. The molecule has 6 atom stereocenters. The van der Waals surface area contributed by atoms with Crippen molar-refractivity contribution in [3.05, 3.63) is 29.8 Å². The number of carboxylic acid groups (broad SMARTS) is 4. The molecule has 1 rings (SSSR count). The monoisotopic (exact) mass is 1480 g/mol. The van der Waals surface area contributed by atoms with Crippen molar-refractivity contribution in [2.45, 2.75) is 263 Å². The first-order valence-electron chi connectivity index (χ1n) is 37.3. The Bertz CT molecular complexity index is 2720. The number of aromatic hydroxyl groups is 1. The maximum absolute atomic E-state index is 13.4. The van der Waals surface area contributed by atoms with Gasteiger partial charge in [0, 0.05) is 78.0 Å². The van der Waals surface area contributed by atoms with E-state index in [1.807, 2.05) is 6.92 Å². The molecular weight excluding hydrogens is 1350 g/mol. The van der Waals surface area contributed by atoms with Crippen LogP contribution in [-0.2, 0) is 92.5 Å². The molecule has 104 heavy (non-hydrogen) atoms. The van der Waals surface area contributed by atoms with E-state index in [1.165, 1.54) is 44.7 Å². The molecular formula is C74H121N7O23. The van der Waals surface area contributed by atoms with Gasteiger partial charge in [0.05, 0.1) is 70.2 Å². The lowest BCUT2D eigenvalue weighted by molar-refractivity contribution is -0.145. The molecule has 0 bridgehead atoms. The summed E-state index contributed by atoms with van der Waals surface area (Å²) in [6.45, 7) is 5.75. The number of ether oxygens (including phenoxy) is 4. The summed E-state index contributed by atoms with van der Waals surface area (Å²) in [5, 5.41) is 66.2. The van der Waals surface area contributed by atoms with Gasteiger partial charge in [-0.1, -0.05) is 116 Å². The van der Waals surface area contributed by atoms with Crippen molar-refractivity contribution >= 4 is 82.3 Å². The zero-order valence-electron chi connectivity index (χ0n) is 61.7. The van der Waals surface area contributed by atoms with E-state index in [4.69, 9.17) is 24.1 Å². The number of rotatable bonds is 71. The Morgan fingerprint density at radius 2 is 0.865 bits per heavy atom. The Kier molecular flexibility index (Phi) is 55.0. The summed E-state index contributed by atoms with van der Waals surface area (Å²) in [5.41, 5.74) is 0.739. The van der Waals surface area contributed by atoms with Gasteiger partial charge in [0.25, 0.3) is 0 Å². The van der Waals surface area contributed by atoms with E-state index in [-0.39, 0.29) is 177 Å². The molecule has 30 nitrogen and oxygen atoms in total. The summed E-state index contributed by atoms with van der Waals surface area (Å²) in [7, 11) is 0. The van der Waals surface area contributed by atoms with E-state index in [0.717, 1.165) is 76.2 Å². The number of nitrogens with one attached hydrogen (secondary N) is 7. The maximum atomic E-state index is 13.4. The third kappa shape index (κ3) is 51.5. The van der Waals surface area contributed by atoms with Gasteiger partial charge in [0.15, 0.2) is 17.3 Å². The van der Waals surface area contributed by atoms with E-state index >= 15 is 0 Å². The Hall–Kier alpha value is -7.64. The topological polar surface area (TPSA) is 461 Å². The predicted molar refractivity (Wildman–Crippen MR) is 384 cm³/mol. The summed E-state index contributed by atoms with van der Waals surface area (Å²) >= 11 is 0. The second kappa shape index (κ2) is 60.6. The van der Waals surface area contributed by atoms with Crippen LogP contribution in [0.25, 0.3) is 0 Å². The molecule has 590 valence electrons. The Morgan fingerprint density at radius 1 is 0.394 bits per heavy atom. The highest BCUT2D eigenvalue weighted by Gasteiger charge is 2.29. The van der Waals surface area contributed by atoms with Crippen LogP contribution < -0.4 is 37.2 Å². The largest absolute Gasteiger partial charge is 0.508 e. The smallest absolute Gasteiger partial charge is 0.326 e. The molecule has 0 aliphatic heterocycles. The summed E-state index contributed by atoms with van der Waals surface area (Å²) < 4.78 is 21.7. The van der Waals surface area contributed by atoms with Crippen molar-refractivity contribution in [3.63, 3.8) is 0 Å². The van der Waals surface area contributed by atoms with Crippen LogP contribution in [0.2, 0.25) is 0 Å². The molecule has 0 unspecified atom stereocenters. The highest BCUT2D eigenvalue weighted by molar-refractivity contribution is 5.92. The van der Waals surface area contributed by atoms with Crippen molar-refractivity contribution < 1.29 is 112 Å². The normalized spacial score (nSPS) is 12.9. The summed E-state index contributed by atoms with van der Waals surface area (Å²) in [5.74, 6) is -9.85. The maximum Gasteiger partial charge on any atom is 0.326 e. The molecule has 30 heteroatoms. The summed E-state index contributed by atoms with van der Waals surface area (Å²) in [6.07, 6.45) is 17.1. The van der Waals surface area contributed by atoms with E-state index in [9.17, 15) is 87.5 Å². The second-order valence-electron chi connectivity index (χ2n) is 26.2. The summed E-state index contributed by atoms with van der Waals surface area (Å²) in [6, 6.07) is 1.19. The lowest BCUT2D eigenvalue weighted by atomic mass is 9.94. The first-order chi connectivity index (χ1) is 49.8. The molecule has 12 N–H and O–H groups in total. The van der Waals surface area contributed by atoms with Crippen LogP contribution in [0.15, 0.2) is 24.3 Å². The van der Waals surface area contributed by atoms with E-state index < -0.39 is 97.0 Å². The predicted octanol–water partition coefficient (Wildman–Crippen LogP) is 5.95. The summed E-state index contributed by atoms with van der Waals surface area (Å²) in [4.78, 5) is 173. The molecule has 0 spiro atoms. The van der Waals surface area contributed by atoms with Gasteiger partial charge < -0.3 is 81.7 Å². The highest BCUT2D eigenvalue weighted by atomic mass is 16.5. The number of Topliss-reactive ketones (excluding diaryl/α,β-unsaturated/α-hetero) is 5. The number of carbonyl (C=O) groups excluding carboxylic acids is 10. The molecule has 0 heterocycles. The Labute approximate surface area is 612 Å². The molecule has 5 amide bonds. The van der Waals surface area contributed by atoms with Gasteiger partial charge in [-0.3, -0.25) is 57.5 Å². The molecule has 0 aromatic heterocycles. The molecule has 0 saturated heterocycles. The molecule has 1 aromatic rings. The molecule has 0 fully saturated rings. The molecule has 0 aliphatic rings. The first-order valence-corrected chi connectivity index (χ1v) is 37.3. The number of aliphatic carboxylic acids is 4. The fourth-order valence-electron chi connectivity index (χ4n) is 11.1. The number of amides is 5. The van der Waals surface area contributed by atoms with Gasteiger partial charge in [-0.25, -0.2) is 9.59 Å². The van der Waals surface area contributed by atoms with Gasteiger partial charge in [-0.2, -0.15) is 0 Å². The van der Waals surface area contributed by atoms with Gasteiger partial charge in [0.1, 0.15) is 42.6 Å². The van der Waals surface area contributed by atoms with Crippen LogP contribution in [0, 0.1) is 5.92 Å². The third-order valence-electron chi connectivity index (χ3n) is 17.2. The van der Waals surface area contributed by atoms with E-state index in [0.29, 0.717) is 45.1 Å². The second-order valence-corrected chi connectivity index (χ2v) is 26.2. The van der Waals surface area contributed by atoms with Crippen LogP contribution in [0.5, 0.6) is 5.75 Å². The number of phenols is 1. The number of unbranched alkanes of at least 4 members (excludes halogenated alkanes) is 15. The lowest BCUT2D eigenvalue weighted by Crippen LogP contribution is -2.50. The minimum atomic E-state index is -1.56. The number of ketones is 5. The highest BCUT2D eigenvalue weighted by Crippen LogP contribution is 2.19. The molecule has 0 radical (unpaired) electrons. The van der Waals surface area contributed by atoms with Crippen molar-refractivity contribution in [1.29, 1.82) is 0 Å². The minimum absolute atomic E-state index is 0.0564. The fourth-order valence-corrected chi connectivity index (χ4v) is 11.1. The quantitative estimate of drug-likeness (QED) is 0.0335. The number of carboxylic acids is 4. The average molecular weight is 1480 g/mol. The standard InChI is InChI=1S/C74H121N7O23/c1-4-6-26-60(78-50-66(88)63(79-53(3)82)47-54-29-32-56(83)33-30-54)65(87)49-77-59(64(86)5-2)27-21-22-39-75-70(92)52-104-46-43-101-41-23-25-58(85)51-103-45-44-102-42-40-76-67(89)37-34-61(73(97)98)81-69(91)38-35-62(74(99)100)80-68(90)36-31-55(72(95)96)48-57(84)24-19-17-15-13-11-9-7-8-10-12-14-16-18-20-28-71(93)94/h29-30,32-33,55,59-63,77-78,83H,4-28,31,34-52H2,1-3H3,(H,75,92)(H,76,89)(H,79,82)(H,80,90)(H,81,91)(H,93,94)(H,95,96)(H,97,98)(H,99,100)/t55-,59+,60+,61+,62+,63-/m1/s1. The van der Waals surface area contributed by atoms with E-state index in [2.05, 4.69) is 37.2 Å².